The van der Waals surface area contributed by atoms with E-state index >= 15 is 0 Å². The molecule has 2 fully saturated rings. The lowest BCUT2D eigenvalue weighted by atomic mass is 9.88. The van der Waals surface area contributed by atoms with Crippen LogP contribution in [0.2, 0.25) is 0 Å². The van der Waals surface area contributed by atoms with Gasteiger partial charge in [0.15, 0.2) is 0 Å². The van der Waals surface area contributed by atoms with Crippen molar-refractivity contribution in [3.63, 3.8) is 0 Å². The molecule has 20 heavy (non-hydrogen) atoms. The molecule has 3 unspecified atom stereocenters. The highest BCUT2D eigenvalue weighted by Crippen LogP contribution is 2.48. The molecule has 1 N–H and O–H groups in total. The van der Waals surface area contributed by atoms with E-state index in [1.54, 1.807) is 0 Å². The zero-order chi connectivity index (χ0) is 14.1. The summed E-state index contributed by atoms with van der Waals surface area (Å²) in [6, 6.07) is 7.75. The minimum Gasteiger partial charge on any atom is -0.387 e. The number of nitrogens with one attached hydrogen (secondary N) is 1. The van der Waals surface area contributed by atoms with Crippen LogP contribution in [0, 0.1) is 17.8 Å². The molecule has 0 aromatic heterocycles. The first-order valence-corrected chi connectivity index (χ1v) is 7.71. The van der Waals surface area contributed by atoms with E-state index in [1.165, 1.54) is 25.7 Å². The molecule has 0 spiro atoms. The second-order valence-corrected chi connectivity index (χ2v) is 6.42. The number of fused-ring (bicyclic) bond motifs is 2. The largest absolute Gasteiger partial charge is 0.387 e. The van der Waals surface area contributed by atoms with Crippen molar-refractivity contribution in [1.82, 2.24) is 4.90 Å². The maximum absolute atomic E-state index is 12.6. The predicted octanol–water partition coefficient (Wildman–Crippen LogP) is 3.24. The highest BCUT2D eigenvalue weighted by atomic mass is 16.2. The molecule has 0 heterocycles. The summed E-state index contributed by atoms with van der Waals surface area (Å²) in [6.45, 7) is 0.915. The van der Waals surface area contributed by atoms with Crippen LogP contribution in [0.3, 0.4) is 0 Å². The van der Waals surface area contributed by atoms with Gasteiger partial charge in [0.2, 0.25) is 0 Å². The van der Waals surface area contributed by atoms with Crippen LogP contribution in [-0.4, -0.2) is 31.4 Å². The minimum atomic E-state index is 0.137. The normalized spacial score (nSPS) is 27.6. The highest BCUT2D eigenvalue weighted by Gasteiger charge is 2.40. The Bertz CT molecular complexity index is 500. The number of hydrogen-bond donors (Lipinski definition) is 1. The number of amides is 1. The number of nitrogens with zero attached hydrogens (tertiary/aromatic N) is 1. The summed E-state index contributed by atoms with van der Waals surface area (Å²) in [5.74, 6) is 2.68. The monoisotopic (exact) mass is 272 g/mol. The third-order valence-corrected chi connectivity index (χ3v) is 5.17. The molecule has 3 rings (SSSR count). The summed E-state index contributed by atoms with van der Waals surface area (Å²) < 4.78 is 0. The number of hydrogen-bond acceptors (Lipinski definition) is 2. The van der Waals surface area contributed by atoms with Crippen LogP contribution in [0.1, 0.15) is 36.0 Å². The molecule has 0 saturated heterocycles. The summed E-state index contributed by atoms with van der Waals surface area (Å²) in [5.41, 5.74) is 1.69. The Kier molecular flexibility index (Phi) is 3.68. The molecule has 2 bridgehead atoms. The van der Waals surface area contributed by atoms with Gasteiger partial charge in [-0.1, -0.05) is 18.6 Å². The van der Waals surface area contributed by atoms with Gasteiger partial charge in [-0.05, 0) is 49.1 Å². The molecule has 1 aromatic rings. The van der Waals surface area contributed by atoms with E-state index in [2.05, 4.69) is 5.32 Å². The van der Waals surface area contributed by atoms with Gasteiger partial charge >= 0.3 is 0 Å². The van der Waals surface area contributed by atoms with Crippen molar-refractivity contribution in [2.75, 3.05) is 26.0 Å². The first-order valence-electron chi connectivity index (χ1n) is 7.71. The van der Waals surface area contributed by atoms with E-state index in [9.17, 15) is 4.79 Å². The average molecular weight is 272 g/mol. The fraction of sp³-hybridized carbons (Fsp3) is 0.588. The zero-order valence-corrected chi connectivity index (χ0v) is 12.4. The molecule has 3 heteroatoms. The summed E-state index contributed by atoms with van der Waals surface area (Å²) in [6.07, 6.45) is 5.53. The topological polar surface area (TPSA) is 32.3 Å². The molecular weight excluding hydrogens is 248 g/mol. The smallest absolute Gasteiger partial charge is 0.255 e. The van der Waals surface area contributed by atoms with Crippen LogP contribution in [0.15, 0.2) is 24.3 Å². The van der Waals surface area contributed by atoms with E-state index in [-0.39, 0.29) is 5.91 Å². The van der Waals surface area contributed by atoms with Gasteiger partial charge in [0.1, 0.15) is 0 Å². The van der Waals surface area contributed by atoms with Gasteiger partial charge in [-0.3, -0.25) is 4.79 Å². The lowest BCUT2D eigenvalue weighted by Crippen LogP contribution is -2.34. The Labute approximate surface area is 121 Å². The molecule has 2 aliphatic carbocycles. The lowest BCUT2D eigenvalue weighted by Gasteiger charge is -2.27. The van der Waals surface area contributed by atoms with Crippen molar-refractivity contribution in [3.05, 3.63) is 29.8 Å². The van der Waals surface area contributed by atoms with Crippen LogP contribution in [0.4, 0.5) is 5.69 Å². The van der Waals surface area contributed by atoms with E-state index < -0.39 is 0 Å². The number of benzene rings is 1. The number of rotatable bonds is 4. The van der Waals surface area contributed by atoms with Gasteiger partial charge in [0, 0.05) is 26.3 Å². The van der Waals surface area contributed by atoms with Crippen molar-refractivity contribution < 1.29 is 4.79 Å². The van der Waals surface area contributed by atoms with Crippen LogP contribution in [-0.2, 0) is 0 Å². The number of carbonyl (C=O) groups excluding carboxylic acids is 1. The van der Waals surface area contributed by atoms with Gasteiger partial charge in [-0.2, -0.15) is 0 Å². The molecule has 1 amide bonds. The quantitative estimate of drug-likeness (QED) is 0.912. The van der Waals surface area contributed by atoms with Crippen LogP contribution < -0.4 is 5.32 Å². The molecule has 3 atom stereocenters. The Morgan fingerprint density at radius 3 is 2.75 bits per heavy atom. The maximum Gasteiger partial charge on any atom is 0.255 e. The fourth-order valence-corrected chi connectivity index (χ4v) is 4.13. The third kappa shape index (κ3) is 2.41. The van der Waals surface area contributed by atoms with Gasteiger partial charge in [0.05, 0.1) is 5.56 Å². The summed E-state index contributed by atoms with van der Waals surface area (Å²) in [5, 5.41) is 3.10. The Morgan fingerprint density at radius 1 is 1.30 bits per heavy atom. The van der Waals surface area contributed by atoms with Crippen LogP contribution in [0.25, 0.3) is 0 Å². The fourth-order valence-electron chi connectivity index (χ4n) is 4.13. The van der Waals surface area contributed by atoms with Crippen LogP contribution >= 0.6 is 0 Å². The zero-order valence-electron chi connectivity index (χ0n) is 12.4. The Morgan fingerprint density at radius 2 is 2.10 bits per heavy atom. The number of para-hydroxylation sites is 1. The Balaban J connectivity index is 1.67. The summed E-state index contributed by atoms with van der Waals surface area (Å²) in [7, 11) is 3.81. The third-order valence-electron chi connectivity index (χ3n) is 5.17. The van der Waals surface area contributed by atoms with E-state index in [0.29, 0.717) is 0 Å². The van der Waals surface area contributed by atoms with Crippen LogP contribution in [0.5, 0.6) is 0 Å². The molecule has 2 aliphatic rings. The highest BCUT2D eigenvalue weighted by molar-refractivity contribution is 5.99. The van der Waals surface area contributed by atoms with E-state index in [4.69, 9.17) is 0 Å². The SMILES string of the molecule is CNc1ccccc1C(=O)N(C)CC1CC2CCC1C2. The average Bonchev–Trinajstić information content (AvgIpc) is 3.09. The molecule has 0 aliphatic heterocycles. The molecular formula is C17H24N2O. The van der Waals surface area contributed by atoms with Crippen molar-refractivity contribution >= 4 is 11.6 Å². The van der Waals surface area contributed by atoms with Gasteiger partial charge in [-0.15, -0.1) is 0 Å². The second kappa shape index (κ2) is 5.47. The first-order chi connectivity index (χ1) is 9.69. The standard InChI is InChI=1S/C17H24N2O/c1-18-16-6-4-3-5-15(16)17(20)19(2)11-14-10-12-7-8-13(14)9-12/h3-6,12-14,18H,7-11H2,1-2H3. The number of carbonyl (C=O) groups is 1. The molecule has 1 aromatic carbocycles. The predicted molar refractivity (Wildman–Crippen MR) is 81.9 cm³/mol. The first kappa shape index (κ1) is 13.5. The second-order valence-electron chi connectivity index (χ2n) is 6.42. The molecule has 108 valence electrons. The Hall–Kier alpha value is -1.51. The van der Waals surface area contributed by atoms with Crippen molar-refractivity contribution in [2.24, 2.45) is 17.8 Å². The molecule has 3 nitrogen and oxygen atoms in total. The van der Waals surface area contributed by atoms with Gasteiger partial charge in [-0.25, -0.2) is 0 Å². The van der Waals surface area contributed by atoms with Crippen molar-refractivity contribution in [3.8, 4) is 0 Å². The van der Waals surface area contributed by atoms with Crippen molar-refractivity contribution in [2.45, 2.75) is 25.7 Å². The van der Waals surface area contributed by atoms with Crippen molar-refractivity contribution in [1.29, 1.82) is 0 Å². The van der Waals surface area contributed by atoms with E-state index in [1.807, 2.05) is 43.3 Å². The van der Waals surface area contributed by atoms with E-state index in [0.717, 1.165) is 35.5 Å². The lowest BCUT2D eigenvalue weighted by molar-refractivity contribution is 0.0755. The maximum atomic E-state index is 12.6. The molecule has 0 radical (unpaired) electrons. The van der Waals surface area contributed by atoms with Gasteiger partial charge in [0.25, 0.3) is 5.91 Å². The van der Waals surface area contributed by atoms with Gasteiger partial charge < -0.3 is 10.2 Å². The number of anilines is 1. The molecule has 2 saturated carbocycles. The summed E-state index contributed by atoms with van der Waals surface area (Å²) >= 11 is 0. The minimum absolute atomic E-state index is 0.137. The summed E-state index contributed by atoms with van der Waals surface area (Å²) in [4.78, 5) is 14.5.